The van der Waals surface area contributed by atoms with Crippen LogP contribution in [0.15, 0.2) is 18.2 Å². The molecular weight excluding hydrogens is 530 g/mol. The predicted octanol–water partition coefficient (Wildman–Crippen LogP) is 5.76. The fraction of sp³-hybridized carbons (Fsp3) is 0.677. The van der Waals surface area contributed by atoms with Crippen LogP contribution in [0.3, 0.4) is 0 Å². The van der Waals surface area contributed by atoms with Crippen LogP contribution in [0, 0.1) is 17.8 Å². The molecule has 232 valence electrons. The maximum absolute atomic E-state index is 12.8. The van der Waals surface area contributed by atoms with E-state index < -0.39 is 35.7 Å². The molecular formula is C31H49NO9. The number of nitrogens with two attached hydrogens (primary N) is 1. The minimum Gasteiger partial charge on any atom is -0.468 e. The molecule has 1 rings (SSSR count). The van der Waals surface area contributed by atoms with Gasteiger partial charge in [0.2, 0.25) is 0 Å². The van der Waals surface area contributed by atoms with Crippen LogP contribution in [-0.4, -0.2) is 49.4 Å². The molecule has 10 heteroatoms. The zero-order valence-electron chi connectivity index (χ0n) is 25.9. The lowest BCUT2D eigenvalue weighted by molar-refractivity contribution is -0.148. The third kappa shape index (κ3) is 12.5. The Morgan fingerprint density at radius 2 is 1.41 bits per heavy atom. The molecule has 0 spiro atoms. The Morgan fingerprint density at radius 3 is 1.93 bits per heavy atom. The van der Waals surface area contributed by atoms with Gasteiger partial charge in [-0.15, -0.1) is 0 Å². The zero-order valence-corrected chi connectivity index (χ0v) is 25.9. The average molecular weight is 580 g/mol. The van der Waals surface area contributed by atoms with Gasteiger partial charge in [-0.1, -0.05) is 60.5 Å². The van der Waals surface area contributed by atoms with Crippen LogP contribution >= 0.6 is 0 Å². The number of carbonyl (C=O) groups is 4. The van der Waals surface area contributed by atoms with Gasteiger partial charge in [-0.3, -0.25) is 14.4 Å². The van der Waals surface area contributed by atoms with Gasteiger partial charge in [-0.05, 0) is 49.8 Å². The molecule has 1 aromatic rings. The van der Waals surface area contributed by atoms with Crippen LogP contribution in [0.5, 0.6) is 11.5 Å². The average Bonchev–Trinajstić information content (AvgIpc) is 2.89. The highest BCUT2D eigenvalue weighted by molar-refractivity contribution is 5.81. The summed E-state index contributed by atoms with van der Waals surface area (Å²) in [6.45, 7) is 13.3. The number of benzene rings is 1. The SMILES string of the molecule is CCCC(C)C(=O)Oc1ccc(CC(N)(C[C@H](C)OC(=O)OCCC(C)C)C(=O)OC)cc1OC(=O)C(C)CCC. The molecule has 0 heterocycles. The van der Waals surface area contributed by atoms with E-state index in [-0.39, 0.29) is 42.8 Å². The second-order valence-corrected chi connectivity index (χ2v) is 11.2. The Balaban J connectivity index is 3.22. The van der Waals surface area contributed by atoms with E-state index in [0.29, 0.717) is 30.7 Å². The Bertz CT molecular complexity index is 1010. The van der Waals surface area contributed by atoms with E-state index >= 15 is 0 Å². The van der Waals surface area contributed by atoms with Crippen molar-refractivity contribution in [1.29, 1.82) is 0 Å². The van der Waals surface area contributed by atoms with Crippen LogP contribution in [0.1, 0.15) is 92.6 Å². The lowest BCUT2D eigenvalue weighted by atomic mass is 9.86. The minimum absolute atomic E-state index is 0.0364. The van der Waals surface area contributed by atoms with E-state index in [2.05, 4.69) is 0 Å². The highest BCUT2D eigenvalue weighted by Gasteiger charge is 2.38. The maximum Gasteiger partial charge on any atom is 0.508 e. The van der Waals surface area contributed by atoms with Crippen molar-refractivity contribution in [2.45, 2.75) is 105 Å². The third-order valence-corrected chi connectivity index (χ3v) is 6.65. The largest absolute Gasteiger partial charge is 0.508 e. The quantitative estimate of drug-likeness (QED) is 0.179. The fourth-order valence-corrected chi connectivity index (χ4v) is 4.27. The van der Waals surface area contributed by atoms with Crippen molar-refractivity contribution < 1.29 is 42.9 Å². The van der Waals surface area contributed by atoms with E-state index in [1.807, 2.05) is 27.7 Å². The van der Waals surface area contributed by atoms with Crippen molar-refractivity contribution >= 4 is 24.1 Å². The van der Waals surface area contributed by atoms with E-state index in [1.54, 1.807) is 26.8 Å². The van der Waals surface area contributed by atoms with Crippen LogP contribution in [0.25, 0.3) is 0 Å². The van der Waals surface area contributed by atoms with Gasteiger partial charge in [-0.25, -0.2) is 4.79 Å². The monoisotopic (exact) mass is 579 g/mol. The third-order valence-electron chi connectivity index (χ3n) is 6.65. The Morgan fingerprint density at radius 1 is 0.854 bits per heavy atom. The molecule has 0 radical (unpaired) electrons. The summed E-state index contributed by atoms with van der Waals surface area (Å²) in [6.07, 6.45) is 1.88. The number of esters is 3. The van der Waals surface area contributed by atoms with E-state index in [9.17, 15) is 19.2 Å². The van der Waals surface area contributed by atoms with E-state index in [1.165, 1.54) is 19.2 Å². The number of rotatable bonds is 17. The molecule has 10 nitrogen and oxygen atoms in total. The van der Waals surface area contributed by atoms with Crippen LogP contribution < -0.4 is 15.2 Å². The molecule has 0 amide bonds. The van der Waals surface area contributed by atoms with Gasteiger partial charge >= 0.3 is 24.1 Å². The van der Waals surface area contributed by atoms with Crippen LogP contribution in [-0.2, 0) is 35.0 Å². The topological polar surface area (TPSA) is 140 Å². The lowest BCUT2D eigenvalue weighted by Gasteiger charge is -2.29. The first-order valence-electron chi connectivity index (χ1n) is 14.5. The standard InChI is InChI=1S/C31H49NO9/c1-9-11-21(5)27(33)40-25-14-13-24(17-26(25)41-28(34)22(6)12-10-2)19-31(32,29(35)37-8)18-23(7)39-30(36)38-16-15-20(3)4/h13-14,17,20-23H,9-12,15-16,18-19,32H2,1-8H3/t21?,22?,23-,31?/m0/s1. The van der Waals surface area contributed by atoms with Gasteiger partial charge in [0, 0.05) is 12.8 Å². The van der Waals surface area contributed by atoms with E-state index in [4.69, 9.17) is 29.4 Å². The number of hydrogen-bond donors (Lipinski definition) is 1. The van der Waals surface area contributed by atoms with Crippen molar-refractivity contribution in [1.82, 2.24) is 0 Å². The summed E-state index contributed by atoms with van der Waals surface area (Å²) >= 11 is 0. The van der Waals surface area contributed by atoms with Gasteiger partial charge in [0.1, 0.15) is 11.6 Å². The number of methoxy groups -OCH3 is 1. The van der Waals surface area contributed by atoms with Crippen molar-refractivity contribution in [3.63, 3.8) is 0 Å². The molecule has 0 bridgehead atoms. The smallest absolute Gasteiger partial charge is 0.468 e. The highest BCUT2D eigenvalue weighted by Crippen LogP contribution is 2.32. The summed E-state index contributed by atoms with van der Waals surface area (Å²) in [5.41, 5.74) is 5.47. The second kappa shape index (κ2) is 17.6. The molecule has 3 unspecified atom stereocenters. The number of carbonyl (C=O) groups excluding carboxylic acids is 4. The molecule has 0 aliphatic heterocycles. The van der Waals surface area contributed by atoms with Crippen molar-refractivity contribution in [3.8, 4) is 11.5 Å². The molecule has 0 aliphatic rings. The number of ether oxygens (including phenoxy) is 5. The molecule has 4 atom stereocenters. The number of hydrogen-bond acceptors (Lipinski definition) is 10. The fourth-order valence-electron chi connectivity index (χ4n) is 4.27. The lowest BCUT2D eigenvalue weighted by Crippen LogP contribution is -2.53. The van der Waals surface area contributed by atoms with Gasteiger partial charge in [0.15, 0.2) is 11.5 Å². The molecule has 0 saturated heterocycles. The van der Waals surface area contributed by atoms with Gasteiger partial charge in [0.05, 0.1) is 25.6 Å². The highest BCUT2D eigenvalue weighted by atomic mass is 16.7. The summed E-state index contributed by atoms with van der Waals surface area (Å²) in [5, 5.41) is 0. The van der Waals surface area contributed by atoms with Crippen LogP contribution in [0.2, 0.25) is 0 Å². The first-order valence-corrected chi connectivity index (χ1v) is 14.5. The van der Waals surface area contributed by atoms with Gasteiger partial charge in [0.25, 0.3) is 0 Å². The van der Waals surface area contributed by atoms with Crippen LogP contribution in [0.4, 0.5) is 4.79 Å². The molecule has 2 N–H and O–H groups in total. The zero-order chi connectivity index (χ0) is 31.2. The molecule has 0 saturated carbocycles. The van der Waals surface area contributed by atoms with Crippen molar-refractivity contribution in [2.75, 3.05) is 13.7 Å². The Hall–Kier alpha value is -3.14. The normalized spacial score (nSPS) is 14.8. The molecule has 41 heavy (non-hydrogen) atoms. The summed E-state index contributed by atoms with van der Waals surface area (Å²) in [6, 6.07) is 4.68. The minimum atomic E-state index is -1.59. The maximum atomic E-state index is 12.8. The summed E-state index contributed by atoms with van der Waals surface area (Å²) in [5.74, 6) is -1.80. The predicted molar refractivity (Wildman–Crippen MR) is 154 cm³/mol. The molecule has 1 aromatic carbocycles. The summed E-state index contributed by atoms with van der Waals surface area (Å²) in [7, 11) is 1.22. The van der Waals surface area contributed by atoms with Crippen molar-refractivity contribution in [3.05, 3.63) is 23.8 Å². The second-order valence-electron chi connectivity index (χ2n) is 11.2. The first kappa shape index (κ1) is 35.9. The van der Waals surface area contributed by atoms with Gasteiger partial charge in [-0.2, -0.15) is 0 Å². The van der Waals surface area contributed by atoms with Gasteiger partial charge < -0.3 is 29.4 Å². The Labute approximate surface area is 244 Å². The van der Waals surface area contributed by atoms with E-state index in [0.717, 1.165) is 12.8 Å². The van der Waals surface area contributed by atoms with Crippen molar-refractivity contribution in [2.24, 2.45) is 23.5 Å². The Kier molecular flexibility index (Phi) is 15.4. The first-order chi connectivity index (χ1) is 19.3. The summed E-state index contributed by atoms with van der Waals surface area (Å²) in [4.78, 5) is 50.3. The molecule has 0 aromatic heterocycles. The summed E-state index contributed by atoms with van der Waals surface area (Å²) < 4.78 is 26.7. The molecule has 0 fully saturated rings. The molecule has 0 aliphatic carbocycles.